The van der Waals surface area contributed by atoms with E-state index in [9.17, 15) is 8.94 Å². The van der Waals surface area contributed by atoms with Crippen LogP contribution in [0.15, 0.2) is 54.9 Å². The van der Waals surface area contributed by atoms with Crippen molar-refractivity contribution < 1.29 is 8.94 Å². The van der Waals surface area contributed by atoms with Crippen LogP contribution in [0.25, 0.3) is 22.4 Å². The molecule has 1 atom stereocenters. The third-order valence-electron chi connectivity index (χ3n) is 4.19. The van der Waals surface area contributed by atoms with E-state index in [-0.39, 0.29) is 11.1 Å². The van der Waals surface area contributed by atoms with Crippen molar-refractivity contribution in [2.24, 2.45) is 0 Å². The van der Waals surface area contributed by atoms with E-state index in [0.717, 1.165) is 24.1 Å². The van der Waals surface area contributed by atoms with Gasteiger partial charge in [0.15, 0.2) is 0 Å². The quantitative estimate of drug-likeness (QED) is 0.670. The average Bonchev–Trinajstić information content (AvgIpc) is 3.48. The Morgan fingerprint density at radius 3 is 2.58 bits per heavy atom. The fourth-order valence-corrected chi connectivity index (χ4v) is 3.79. The van der Waals surface area contributed by atoms with E-state index in [1.54, 1.807) is 6.07 Å². The molecule has 1 fully saturated rings. The van der Waals surface area contributed by atoms with Gasteiger partial charge in [-0.3, -0.25) is 4.98 Å². The largest absolute Gasteiger partial charge is 0.593 e. The molecule has 26 heavy (non-hydrogen) atoms. The summed E-state index contributed by atoms with van der Waals surface area (Å²) in [4.78, 5) is 8.07. The lowest BCUT2D eigenvalue weighted by molar-refractivity contribution is 0.599. The van der Waals surface area contributed by atoms with Crippen molar-refractivity contribution in [1.29, 1.82) is 0 Å². The lowest BCUT2D eigenvalue weighted by atomic mass is 10.0. The molecule has 1 saturated carbocycles. The minimum Gasteiger partial charge on any atom is -0.593 e. The molecule has 0 bridgehead atoms. The second kappa shape index (κ2) is 6.93. The summed E-state index contributed by atoms with van der Waals surface area (Å²) in [7, 11) is 0. The Labute approximate surface area is 153 Å². The summed E-state index contributed by atoms with van der Waals surface area (Å²) >= 11 is -1.11. The molecule has 0 amide bonds. The molecular formula is C19H17FN4OS. The van der Waals surface area contributed by atoms with Gasteiger partial charge in [0.2, 0.25) is 0 Å². The summed E-state index contributed by atoms with van der Waals surface area (Å²) in [6.45, 7) is 0. The molecule has 3 N–H and O–H groups in total. The topological polar surface area (TPSA) is 86.9 Å². The summed E-state index contributed by atoms with van der Waals surface area (Å²) in [5, 5.41) is 0.214. The third kappa shape index (κ3) is 3.49. The van der Waals surface area contributed by atoms with Gasteiger partial charge in [0.05, 0.1) is 35.1 Å². The van der Waals surface area contributed by atoms with Crippen LogP contribution in [0.5, 0.6) is 0 Å². The molecular weight excluding hydrogens is 351 g/mol. The molecule has 0 aliphatic heterocycles. The Bertz CT molecular complexity index is 931. The molecule has 0 spiro atoms. The van der Waals surface area contributed by atoms with E-state index >= 15 is 0 Å². The molecule has 1 aliphatic rings. The molecule has 1 unspecified atom stereocenters. The molecule has 1 aliphatic carbocycles. The summed E-state index contributed by atoms with van der Waals surface area (Å²) in [5.74, 6) is -0.117. The standard InChI is InChI=1S/C19H17FN4OS/c20-16-9-12(5-8-15(16)18-10-23-19(21)11-22-18)14-3-1-2-4-17(14)24-26(25)13-6-7-13/h1-5,8-11,13,24H,6-7H2,(H2,21,23). The Morgan fingerprint density at radius 2 is 1.88 bits per heavy atom. The van der Waals surface area contributed by atoms with E-state index < -0.39 is 17.2 Å². The van der Waals surface area contributed by atoms with Crippen LogP contribution in [0.3, 0.4) is 0 Å². The van der Waals surface area contributed by atoms with E-state index in [2.05, 4.69) is 14.7 Å². The van der Waals surface area contributed by atoms with Crippen molar-refractivity contribution in [2.45, 2.75) is 18.1 Å². The highest BCUT2D eigenvalue weighted by atomic mass is 32.2. The van der Waals surface area contributed by atoms with Gasteiger partial charge in [0, 0.05) is 24.0 Å². The first-order chi connectivity index (χ1) is 12.6. The van der Waals surface area contributed by atoms with Gasteiger partial charge in [0.25, 0.3) is 0 Å². The molecule has 1 heterocycles. The number of aromatic nitrogens is 2. The zero-order valence-corrected chi connectivity index (χ0v) is 14.7. The van der Waals surface area contributed by atoms with Gasteiger partial charge in [-0.15, -0.1) is 0 Å². The van der Waals surface area contributed by atoms with E-state index in [0.29, 0.717) is 16.8 Å². The Kier molecular flexibility index (Phi) is 4.48. The molecule has 5 nitrogen and oxygen atoms in total. The van der Waals surface area contributed by atoms with Crippen LogP contribution in [0.2, 0.25) is 0 Å². The SMILES string of the molecule is Nc1cnc(-c2ccc(-c3ccccc3N[S+]([O-])C3CC3)cc2F)cn1. The number of nitrogens with one attached hydrogen (secondary N) is 1. The van der Waals surface area contributed by atoms with Crippen molar-refractivity contribution in [3.63, 3.8) is 0 Å². The van der Waals surface area contributed by atoms with Gasteiger partial charge < -0.3 is 10.3 Å². The van der Waals surface area contributed by atoms with Crippen LogP contribution in [-0.2, 0) is 11.4 Å². The van der Waals surface area contributed by atoms with E-state index in [4.69, 9.17) is 5.73 Å². The highest BCUT2D eigenvalue weighted by Gasteiger charge is 2.35. The van der Waals surface area contributed by atoms with Gasteiger partial charge in [-0.25, -0.2) is 14.1 Å². The van der Waals surface area contributed by atoms with Gasteiger partial charge in [-0.1, -0.05) is 24.3 Å². The lowest BCUT2D eigenvalue weighted by Gasteiger charge is -2.15. The predicted molar refractivity (Wildman–Crippen MR) is 102 cm³/mol. The number of nitrogen functional groups attached to an aromatic ring is 1. The summed E-state index contributed by atoms with van der Waals surface area (Å²) in [5.41, 5.74) is 8.54. The normalized spacial score (nSPS) is 14.8. The van der Waals surface area contributed by atoms with Gasteiger partial charge >= 0.3 is 0 Å². The minimum absolute atomic E-state index is 0.214. The Morgan fingerprint density at radius 1 is 1.08 bits per heavy atom. The number of hydrogen-bond acceptors (Lipinski definition) is 5. The van der Waals surface area contributed by atoms with E-state index in [1.807, 2.05) is 30.3 Å². The first-order valence-corrected chi connectivity index (χ1v) is 9.47. The zero-order valence-electron chi connectivity index (χ0n) is 13.9. The Hall–Kier alpha value is -2.64. The van der Waals surface area contributed by atoms with Crippen molar-refractivity contribution in [2.75, 3.05) is 10.5 Å². The van der Waals surface area contributed by atoms with E-state index in [1.165, 1.54) is 18.5 Å². The fraction of sp³-hybridized carbons (Fsp3) is 0.158. The van der Waals surface area contributed by atoms with Crippen LogP contribution < -0.4 is 10.5 Å². The summed E-state index contributed by atoms with van der Waals surface area (Å²) in [6, 6.07) is 12.4. The number of anilines is 2. The lowest BCUT2D eigenvalue weighted by Crippen LogP contribution is -2.17. The number of halogens is 1. The van der Waals surface area contributed by atoms with Crippen molar-refractivity contribution in [1.82, 2.24) is 9.97 Å². The van der Waals surface area contributed by atoms with Crippen LogP contribution >= 0.6 is 0 Å². The van der Waals surface area contributed by atoms with Gasteiger partial charge in [0.1, 0.15) is 16.9 Å². The number of nitrogens with zero attached hydrogens (tertiary/aromatic N) is 2. The number of para-hydroxylation sites is 1. The van der Waals surface area contributed by atoms with Crippen molar-refractivity contribution >= 4 is 22.9 Å². The molecule has 0 saturated heterocycles. The molecule has 1 aromatic heterocycles. The molecule has 3 aromatic rings. The minimum atomic E-state index is -1.11. The third-order valence-corrected chi connectivity index (χ3v) is 5.69. The summed E-state index contributed by atoms with van der Waals surface area (Å²) < 4.78 is 29.9. The zero-order chi connectivity index (χ0) is 18.1. The highest BCUT2D eigenvalue weighted by molar-refractivity contribution is 7.93. The number of rotatable bonds is 5. The number of hydrogen-bond donors (Lipinski definition) is 2. The molecule has 0 radical (unpaired) electrons. The molecule has 7 heteroatoms. The first-order valence-electron chi connectivity index (χ1n) is 8.26. The Balaban J connectivity index is 1.66. The van der Waals surface area contributed by atoms with Crippen LogP contribution in [0, 0.1) is 5.82 Å². The number of benzene rings is 2. The summed E-state index contributed by atoms with van der Waals surface area (Å²) in [6.07, 6.45) is 4.80. The van der Waals surface area contributed by atoms with Crippen molar-refractivity contribution in [3.05, 3.63) is 60.7 Å². The van der Waals surface area contributed by atoms with Crippen LogP contribution in [-0.4, -0.2) is 19.8 Å². The second-order valence-corrected chi connectivity index (χ2v) is 7.63. The molecule has 2 aromatic carbocycles. The van der Waals surface area contributed by atoms with Gasteiger partial charge in [-0.05, 0) is 23.8 Å². The smallest absolute Gasteiger partial charge is 0.141 e. The monoisotopic (exact) mass is 368 g/mol. The maximum Gasteiger partial charge on any atom is 0.141 e. The highest BCUT2D eigenvalue weighted by Crippen LogP contribution is 2.35. The fourth-order valence-electron chi connectivity index (χ4n) is 2.67. The van der Waals surface area contributed by atoms with Crippen LogP contribution in [0.4, 0.5) is 15.9 Å². The van der Waals surface area contributed by atoms with Crippen molar-refractivity contribution in [3.8, 4) is 22.4 Å². The molecule has 4 rings (SSSR count). The first kappa shape index (κ1) is 16.8. The predicted octanol–water partition coefficient (Wildman–Crippen LogP) is 3.77. The maximum atomic E-state index is 14.7. The average molecular weight is 368 g/mol. The maximum absolute atomic E-state index is 14.7. The molecule has 132 valence electrons. The van der Waals surface area contributed by atoms with Crippen LogP contribution in [0.1, 0.15) is 12.8 Å². The van der Waals surface area contributed by atoms with Gasteiger partial charge in [-0.2, -0.15) is 0 Å². The second-order valence-electron chi connectivity index (χ2n) is 6.17. The number of nitrogens with two attached hydrogens (primary N) is 1.